The highest BCUT2D eigenvalue weighted by Crippen LogP contribution is 2.44. The molecule has 0 spiro atoms. The Labute approximate surface area is 276 Å². The van der Waals surface area contributed by atoms with E-state index in [0.717, 1.165) is 19.4 Å². The molecule has 3 aromatic heterocycles. The Morgan fingerprint density at radius 2 is 1.73 bits per heavy atom. The second-order valence-corrected chi connectivity index (χ2v) is 15.7. The molecule has 11 nitrogen and oxygen atoms in total. The molecule has 4 aliphatic heterocycles. The van der Waals surface area contributed by atoms with Crippen LogP contribution in [0.1, 0.15) is 79.8 Å². The van der Waals surface area contributed by atoms with Crippen molar-refractivity contribution in [2.75, 3.05) is 36.5 Å². The van der Waals surface area contributed by atoms with Crippen molar-refractivity contribution in [2.45, 2.75) is 76.4 Å². The number of nitrogens with one attached hydrogen (secondary N) is 1. The van der Waals surface area contributed by atoms with Crippen LogP contribution in [0, 0.1) is 11.7 Å². The number of fused-ring (bicyclic) bond motifs is 6. The fourth-order valence-electron chi connectivity index (χ4n) is 7.41. The molecule has 15 heteroatoms. The van der Waals surface area contributed by atoms with E-state index < -0.39 is 39.1 Å². The van der Waals surface area contributed by atoms with Gasteiger partial charge in [-0.3, -0.25) is 14.0 Å². The van der Waals surface area contributed by atoms with Crippen LogP contribution in [0.4, 0.5) is 19.0 Å². The summed E-state index contributed by atoms with van der Waals surface area (Å²) in [5.74, 6) is -5.31. The van der Waals surface area contributed by atoms with Crippen LogP contribution < -0.4 is 10.9 Å². The second kappa shape index (κ2) is 12.9. The van der Waals surface area contributed by atoms with E-state index in [-0.39, 0.29) is 47.9 Å². The lowest BCUT2D eigenvalue weighted by atomic mass is 9.85. The van der Waals surface area contributed by atoms with Crippen LogP contribution in [0.2, 0.25) is 0 Å². The fourth-order valence-corrected chi connectivity index (χ4v) is 8.91. The molecular formula is C33H39F3N8O3S. The standard InChI is InChI=1S/C33H39F3N8O3S/c1-21-25-5-4-6-28(29(25)34)33(35,36)23-7-13-42(14-8-23)11-2-3-12-43-18-24(40-41-43)19-44-31-27(30(39-21)37-20-38-31)17-26(32(44)45)22-9-15-48(46,47)16-10-22/h4-6,17-18,20-23H,2-3,7-16,19H2,1H3,(H,37,38,39)/t21-/m1/s1. The SMILES string of the molecule is C[C@H]1Nc2ncnc3c2cc(C2CCS(=O)(=O)CC2)c(=O)n3Cc2cn(nn2)CCCCN2CCC(CC2)C(F)(F)c2cccc1c2F. The Morgan fingerprint density at radius 1 is 0.979 bits per heavy atom. The first kappa shape index (κ1) is 32.7. The molecule has 2 fully saturated rings. The third-order valence-electron chi connectivity index (χ3n) is 10.2. The van der Waals surface area contributed by atoms with Gasteiger partial charge >= 0.3 is 0 Å². The van der Waals surface area contributed by atoms with Crippen molar-refractivity contribution in [2.24, 2.45) is 5.92 Å². The van der Waals surface area contributed by atoms with Gasteiger partial charge in [-0.05, 0) is 77.1 Å². The first-order valence-corrected chi connectivity index (χ1v) is 18.5. The van der Waals surface area contributed by atoms with Crippen LogP contribution in [0.5, 0.6) is 0 Å². The summed E-state index contributed by atoms with van der Waals surface area (Å²) in [5.41, 5.74) is 0.463. The topological polar surface area (TPSA) is 128 Å². The molecule has 256 valence electrons. The van der Waals surface area contributed by atoms with Gasteiger partial charge in [-0.2, -0.15) is 0 Å². The molecule has 4 aliphatic rings. The van der Waals surface area contributed by atoms with Crippen LogP contribution in [-0.4, -0.2) is 74.0 Å². The van der Waals surface area contributed by atoms with Gasteiger partial charge in [0, 0.05) is 23.6 Å². The molecule has 0 unspecified atom stereocenters. The van der Waals surface area contributed by atoms with Crippen LogP contribution in [0.15, 0.2) is 41.6 Å². The second-order valence-electron chi connectivity index (χ2n) is 13.4. The first-order valence-electron chi connectivity index (χ1n) is 16.6. The van der Waals surface area contributed by atoms with Gasteiger partial charge in [0.1, 0.15) is 39.1 Å². The lowest BCUT2D eigenvalue weighted by Crippen LogP contribution is -2.40. The zero-order valence-electron chi connectivity index (χ0n) is 26.8. The van der Waals surface area contributed by atoms with Gasteiger partial charge in [-0.1, -0.05) is 23.4 Å². The van der Waals surface area contributed by atoms with Crippen molar-refractivity contribution in [1.29, 1.82) is 0 Å². The van der Waals surface area contributed by atoms with E-state index in [1.807, 2.05) is 0 Å². The molecule has 4 aromatic rings. The molecule has 1 N–H and O–H groups in total. The van der Waals surface area contributed by atoms with Crippen LogP contribution >= 0.6 is 0 Å². The molecular weight excluding hydrogens is 645 g/mol. The van der Waals surface area contributed by atoms with Gasteiger partial charge in [-0.25, -0.2) is 31.6 Å². The predicted molar refractivity (Wildman–Crippen MR) is 174 cm³/mol. The third-order valence-corrected chi connectivity index (χ3v) is 11.9. The van der Waals surface area contributed by atoms with Gasteiger partial charge in [0.25, 0.3) is 11.5 Å². The number of anilines is 1. The number of sulfone groups is 1. The highest BCUT2D eigenvalue weighted by molar-refractivity contribution is 7.91. The minimum absolute atomic E-state index is 0.0181. The molecule has 2 saturated heterocycles. The first-order chi connectivity index (χ1) is 23.0. The average molecular weight is 685 g/mol. The van der Waals surface area contributed by atoms with E-state index in [9.17, 15) is 13.2 Å². The Balaban J connectivity index is 1.33. The Kier molecular flexibility index (Phi) is 8.77. The number of aryl methyl sites for hydroxylation is 1. The predicted octanol–water partition coefficient (Wildman–Crippen LogP) is 4.63. The zero-order chi connectivity index (χ0) is 33.6. The van der Waals surface area contributed by atoms with Crippen molar-refractivity contribution in [1.82, 2.24) is 34.4 Å². The Hall–Kier alpha value is -3.85. The molecule has 8 rings (SSSR count). The molecule has 10 bridgehead atoms. The number of nitrogens with zero attached hydrogens (tertiary/aromatic N) is 7. The number of pyridine rings is 1. The normalized spacial score (nSPS) is 24.9. The molecule has 48 heavy (non-hydrogen) atoms. The van der Waals surface area contributed by atoms with E-state index in [0.29, 0.717) is 60.6 Å². The van der Waals surface area contributed by atoms with E-state index in [2.05, 4.69) is 30.5 Å². The minimum atomic E-state index is -3.34. The molecule has 0 amide bonds. The van der Waals surface area contributed by atoms with Crippen LogP contribution in [0.25, 0.3) is 11.0 Å². The summed E-state index contributed by atoms with van der Waals surface area (Å²) in [6, 6.07) is 5.05. The fraction of sp³-hybridized carbons (Fsp3) is 0.545. The van der Waals surface area contributed by atoms with Crippen molar-refractivity contribution in [3.8, 4) is 0 Å². The zero-order valence-corrected chi connectivity index (χ0v) is 27.6. The van der Waals surface area contributed by atoms with Crippen molar-refractivity contribution in [3.05, 3.63) is 75.3 Å². The van der Waals surface area contributed by atoms with Crippen LogP contribution in [0.3, 0.4) is 0 Å². The number of alkyl halides is 2. The summed E-state index contributed by atoms with van der Waals surface area (Å²) >= 11 is 0. The quantitative estimate of drug-likeness (QED) is 0.305. The van der Waals surface area contributed by atoms with Gasteiger partial charge < -0.3 is 10.2 Å². The van der Waals surface area contributed by atoms with Crippen LogP contribution in [-0.2, 0) is 28.8 Å². The molecule has 7 heterocycles. The van der Waals surface area contributed by atoms with E-state index in [4.69, 9.17) is 0 Å². The third kappa shape index (κ3) is 6.33. The van der Waals surface area contributed by atoms with E-state index in [1.54, 1.807) is 23.9 Å². The maximum atomic E-state index is 16.1. The molecule has 0 aliphatic carbocycles. The van der Waals surface area contributed by atoms with Crippen molar-refractivity contribution in [3.63, 3.8) is 0 Å². The number of hydrogen-bond donors (Lipinski definition) is 1. The average Bonchev–Trinajstić information content (AvgIpc) is 3.51. The highest BCUT2D eigenvalue weighted by Gasteiger charge is 2.45. The number of halogens is 3. The Morgan fingerprint density at radius 3 is 2.50 bits per heavy atom. The molecule has 1 atom stereocenters. The number of aromatic nitrogens is 6. The maximum absolute atomic E-state index is 16.1. The molecule has 0 saturated carbocycles. The Bertz CT molecular complexity index is 1980. The summed E-state index contributed by atoms with van der Waals surface area (Å²) in [4.78, 5) is 25.2. The maximum Gasteiger partial charge on any atom is 0.278 e. The van der Waals surface area contributed by atoms with Crippen molar-refractivity contribution >= 4 is 26.7 Å². The summed E-state index contributed by atoms with van der Waals surface area (Å²) in [6.45, 7) is 4.18. The summed E-state index contributed by atoms with van der Waals surface area (Å²) < 4.78 is 75.6. The highest BCUT2D eigenvalue weighted by atomic mass is 32.2. The lowest BCUT2D eigenvalue weighted by molar-refractivity contribution is -0.0880. The summed E-state index contributed by atoms with van der Waals surface area (Å²) in [5, 5.41) is 12.3. The number of piperidine rings is 1. The van der Waals surface area contributed by atoms with E-state index >= 15 is 13.2 Å². The van der Waals surface area contributed by atoms with Crippen molar-refractivity contribution < 1.29 is 21.6 Å². The molecule has 1 aromatic carbocycles. The number of benzene rings is 1. The molecule has 0 radical (unpaired) electrons. The minimum Gasteiger partial charge on any atom is -0.363 e. The van der Waals surface area contributed by atoms with Gasteiger partial charge in [-0.15, -0.1) is 5.10 Å². The number of rotatable bonds is 1. The smallest absolute Gasteiger partial charge is 0.278 e. The lowest BCUT2D eigenvalue weighted by Gasteiger charge is -2.36. The van der Waals surface area contributed by atoms with E-state index in [1.165, 1.54) is 29.1 Å². The number of hydrogen-bond acceptors (Lipinski definition) is 9. The van der Waals surface area contributed by atoms with Gasteiger partial charge in [0.05, 0.1) is 41.2 Å². The summed E-state index contributed by atoms with van der Waals surface area (Å²) in [6.07, 6.45) is 5.91. The monoisotopic (exact) mass is 684 g/mol. The summed E-state index contributed by atoms with van der Waals surface area (Å²) in [7, 11) is -3.18. The largest absolute Gasteiger partial charge is 0.363 e. The van der Waals surface area contributed by atoms with Gasteiger partial charge in [0.2, 0.25) is 0 Å². The van der Waals surface area contributed by atoms with Gasteiger partial charge in [0.15, 0.2) is 0 Å².